The van der Waals surface area contributed by atoms with Gasteiger partial charge in [0, 0.05) is 11.1 Å². The van der Waals surface area contributed by atoms with Gasteiger partial charge in [-0.15, -0.1) is 0 Å². The van der Waals surface area contributed by atoms with Crippen LogP contribution in [-0.4, -0.2) is 6.61 Å². The standard InChI is InChI=1S/C39H45F3O/c1-3-5-7-8-27-9-11-28(12-10-27)29-13-15-30(16-14-29)33-21-22-34(36(40)26-33)31-17-19-32(20-18-31)35-23-24-37(39(42)38(35)41)43-25-6-4-2/h4,6,15,17-24,26-29H,3,5,7-14,16,25H2,1-2H3/b6-4+. The van der Waals surface area contributed by atoms with Gasteiger partial charge in [-0.3, -0.25) is 0 Å². The van der Waals surface area contributed by atoms with Gasteiger partial charge in [-0.05, 0) is 97.2 Å². The van der Waals surface area contributed by atoms with E-state index in [1.54, 1.807) is 42.5 Å². The molecule has 3 aromatic rings. The maximum atomic E-state index is 15.4. The maximum absolute atomic E-state index is 15.4. The molecule has 1 unspecified atom stereocenters. The summed E-state index contributed by atoms with van der Waals surface area (Å²) in [5, 5.41) is 0. The molecule has 1 fully saturated rings. The van der Waals surface area contributed by atoms with E-state index in [1.807, 2.05) is 19.1 Å². The van der Waals surface area contributed by atoms with Crippen molar-refractivity contribution in [3.05, 3.63) is 95.8 Å². The highest BCUT2D eigenvalue weighted by molar-refractivity contribution is 5.74. The SMILES string of the molecule is C/C=C/COc1ccc(-c2ccc(-c3ccc(C4=CCC(C5CCC(CCCCC)CC5)CC4)cc3F)cc2)c(F)c1F. The normalized spacial score (nSPS) is 20.8. The zero-order chi connectivity index (χ0) is 30.2. The fourth-order valence-corrected chi connectivity index (χ4v) is 7.05. The first kappa shape index (κ1) is 31.2. The third-order valence-electron chi connectivity index (χ3n) is 9.69. The summed E-state index contributed by atoms with van der Waals surface area (Å²) in [5.41, 5.74) is 4.07. The van der Waals surface area contributed by atoms with E-state index in [-0.39, 0.29) is 23.7 Å². The van der Waals surface area contributed by atoms with Gasteiger partial charge in [0.1, 0.15) is 12.4 Å². The molecule has 1 nitrogen and oxygen atoms in total. The van der Waals surface area contributed by atoms with E-state index in [0.29, 0.717) is 16.7 Å². The molecule has 1 atom stereocenters. The lowest BCUT2D eigenvalue weighted by atomic mass is 9.70. The van der Waals surface area contributed by atoms with E-state index in [9.17, 15) is 8.78 Å². The summed E-state index contributed by atoms with van der Waals surface area (Å²) >= 11 is 0. The molecule has 2 aliphatic carbocycles. The third kappa shape index (κ3) is 7.63. The maximum Gasteiger partial charge on any atom is 0.201 e. The van der Waals surface area contributed by atoms with Gasteiger partial charge in [-0.2, -0.15) is 4.39 Å². The summed E-state index contributed by atoms with van der Waals surface area (Å²) in [6.07, 6.45) is 20.2. The highest BCUT2D eigenvalue weighted by Crippen LogP contribution is 2.42. The number of hydrogen-bond donors (Lipinski definition) is 0. The van der Waals surface area contributed by atoms with Gasteiger partial charge in [0.2, 0.25) is 5.82 Å². The van der Waals surface area contributed by atoms with E-state index in [1.165, 1.54) is 75.5 Å². The van der Waals surface area contributed by atoms with Crippen molar-refractivity contribution in [2.45, 2.75) is 84.5 Å². The molecule has 3 aromatic carbocycles. The van der Waals surface area contributed by atoms with E-state index in [2.05, 4.69) is 13.0 Å². The Morgan fingerprint density at radius 3 is 2.12 bits per heavy atom. The van der Waals surface area contributed by atoms with Gasteiger partial charge in [0.15, 0.2) is 11.6 Å². The first-order chi connectivity index (χ1) is 21.0. The van der Waals surface area contributed by atoms with Crippen molar-refractivity contribution in [2.75, 3.05) is 6.61 Å². The predicted octanol–water partition coefficient (Wildman–Crippen LogP) is 12.0. The van der Waals surface area contributed by atoms with Gasteiger partial charge in [0.25, 0.3) is 0 Å². The van der Waals surface area contributed by atoms with Crippen LogP contribution in [0.15, 0.2) is 72.8 Å². The van der Waals surface area contributed by atoms with Gasteiger partial charge >= 0.3 is 0 Å². The van der Waals surface area contributed by atoms with Crippen LogP contribution >= 0.6 is 0 Å². The smallest absolute Gasteiger partial charge is 0.201 e. The molecule has 1 saturated carbocycles. The second-order valence-corrected chi connectivity index (χ2v) is 12.4. The lowest BCUT2D eigenvalue weighted by Crippen LogP contribution is -2.23. The summed E-state index contributed by atoms with van der Waals surface area (Å²) in [6.45, 7) is 4.28. The average Bonchev–Trinajstić information content (AvgIpc) is 3.04. The average molecular weight is 587 g/mol. The monoisotopic (exact) mass is 586 g/mol. The molecule has 0 radical (unpaired) electrons. The fraction of sp³-hybridized carbons (Fsp3) is 0.436. The molecule has 4 heteroatoms. The van der Waals surface area contributed by atoms with Crippen LogP contribution in [0.1, 0.15) is 90.0 Å². The molecule has 0 spiro atoms. The highest BCUT2D eigenvalue weighted by atomic mass is 19.2. The highest BCUT2D eigenvalue weighted by Gasteiger charge is 2.28. The molecule has 228 valence electrons. The molecule has 0 N–H and O–H groups in total. The quantitative estimate of drug-likeness (QED) is 0.160. The number of allylic oxidation sites excluding steroid dienone is 3. The van der Waals surface area contributed by atoms with Gasteiger partial charge in [-0.1, -0.05) is 100 Å². The Bertz CT molecular complexity index is 1410. The minimum Gasteiger partial charge on any atom is -0.486 e. The van der Waals surface area contributed by atoms with E-state index in [4.69, 9.17) is 4.74 Å². The van der Waals surface area contributed by atoms with Crippen molar-refractivity contribution in [1.29, 1.82) is 0 Å². The molecular weight excluding hydrogens is 541 g/mol. The lowest BCUT2D eigenvalue weighted by molar-refractivity contribution is 0.187. The summed E-state index contributed by atoms with van der Waals surface area (Å²) in [5.74, 6) is 0.196. The van der Waals surface area contributed by atoms with Crippen LogP contribution in [0.2, 0.25) is 0 Å². The number of hydrogen-bond acceptors (Lipinski definition) is 1. The Labute approximate surface area is 255 Å². The molecule has 5 rings (SSSR count). The van der Waals surface area contributed by atoms with E-state index >= 15 is 4.39 Å². The summed E-state index contributed by atoms with van der Waals surface area (Å²) in [4.78, 5) is 0. The van der Waals surface area contributed by atoms with Crippen LogP contribution in [0.4, 0.5) is 13.2 Å². The Morgan fingerprint density at radius 2 is 1.47 bits per heavy atom. The summed E-state index contributed by atoms with van der Waals surface area (Å²) < 4.78 is 50.0. The van der Waals surface area contributed by atoms with Crippen LogP contribution in [0, 0.1) is 35.2 Å². The molecule has 2 aliphatic rings. The van der Waals surface area contributed by atoms with Crippen LogP contribution in [-0.2, 0) is 0 Å². The first-order valence-corrected chi connectivity index (χ1v) is 16.3. The zero-order valence-electron chi connectivity index (χ0n) is 25.7. The number of ether oxygens (including phenoxy) is 1. The topological polar surface area (TPSA) is 9.23 Å². The van der Waals surface area contributed by atoms with Crippen LogP contribution in [0.5, 0.6) is 5.75 Å². The van der Waals surface area contributed by atoms with Crippen molar-refractivity contribution in [3.63, 3.8) is 0 Å². The molecule has 0 bridgehead atoms. The van der Waals surface area contributed by atoms with Crippen molar-refractivity contribution in [2.24, 2.45) is 17.8 Å². The number of rotatable bonds is 11. The zero-order valence-corrected chi connectivity index (χ0v) is 25.7. The first-order valence-electron chi connectivity index (χ1n) is 16.3. The Morgan fingerprint density at radius 1 is 0.767 bits per heavy atom. The van der Waals surface area contributed by atoms with E-state index in [0.717, 1.165) is 36.2 Å². The number of unbranched alkanes of at least 4 members (excludes halogenated alkanes) is 2. The second-order valence-electron chi connectivity index (χ2n) is 12.4. The molecule has 0 aromatic heterocycles. The Kier molecular flexibility index (Phi) is 10.8. The van der Waals surface area contributed by atoms with Gasteiger partial charge in [0.05, 0.1) is 0 Å². The van der Waals surface area contributed by atoms with Crippen LogP contribution < -0.4 is 4.74 Å². The fourth-order valence-electron chi connectivity index (χ4n) is 7.05. The summed E-state index contributed by atoms with van der Waals surface area (Å²) in [6, 6.07) is 15.4. The third-order valence-corrected chi connectivity index (χ3v) is 9.69. The van der Waals surface area contributed by atoms with Crippen molar-refractivity contribution < 1.29 is 17.9 Å². The predicted molar refractivity (Wildman–Crippen MR) is 172 cm³/mol. The number of benzene rings is 3. The largest absolute Gasteiger partial charge is 0.486 e. The second kappa shape index (κ2) is 14.9. The van der Waals surface area contributed by atoms with Crippen LogP contribution in [0.25, 0.3) is 27.8 Å². The summed E-state index contributed by atoms with van der Waals surface area (Å²) in [7, 11) is 0. The van der Waals surface area contributed by atoms with Crippen molar-refractivity contribution in [3.8, 4) is 28.0 Å². The Balaban J connectivity index is 1.20. The molecule has 43 heavy (non-hydrogen) atoms. The lowest BCUT2D eigenvalue weighted by Gasteiger charge is -2.35. The van der Waals surface area contributed by atoms with Gasteiger partial charge in [-0.25, -0.2) is 8.78 Å². The Hall–Kier alpha value is -3.27. The van der Waals surface area contributed by atoms with Gasteiger partial charge < -0.3 is 4.74 Å². The number of halogens is 3. The minimum atomic E-state index is -1.01. The molecular formula is C39H45F3O. The molecule has 0 saturated heterocycles. The molecule has 0 amide bonds. The van der Waals surface area contributed by atoms with Crippen molar-refractivity contribution >= 4 is 5.57 Å². The molecule has 0 heterocycles. The minimum absolute atomic E-state index is 0.123. The van der Waals surface area contributed by atoms with Crippen molar-refractivity contribution in [1.82, 2.24) is 0 Å². The van der Waals surface area contributed by atoms with Crippen LogP contribution in [0.3, 0.4) is 0 Å². The van der Waals surface area contributed by atoms with E-state index < -0.39 is 11.6 Å². The molecule has 0 aliphatic heterocycles.